The van der Waals surface area contributed by atoms with Crippen molar-refractivity contribution in [3.8, 4) is 11.5 Å². The number of halogens is 1. The van der Waals surface area contributed by atoms with Gasteiger partial charge in [-0.3, -0.25) is 4.79 Å². The zero-order valence-electron chi connectivity index (χ0n) is 14.2. The number of nitrogens with one attached hydrogen (secondary N) is 2. The van der Waals surface area contributed by atoms with E-state index >= 15 is 0 Å². The fraction of sp³-hybridized carbons (Fsp3) is 0.471. The number of carbonyl (C=O) groups excluding carboxylic acids is 1. The summed E-state index contributed by atoms with van der Waals surface area (Å²) in [6.45, 7) is 10.7. The van der Waals surface area contributed by atoms with E-state index in [9.17, 15) is 4.79 Å². The highest BCUT2D eigenvalue weighted by Crippen LogP contribution is 2.31. The standard InChI is InChI=1S/C17H26N2O3.ClH/c1-6-10-18-11-13-8-7-9-14(21-5)16(13)22-12-15(20)19-17(2,3)4;/h6-9,18H,1,10-12H2,2-5H3,(H,19,20);1H/p-1. The van der Waals surface area contributed by atoms with E-state index in [1.165, 1.54) is 0 Å². The molecule has 0 aliphatic carbocycles. The third kappa shape index (κ3) is 7.90. The van der Waals surface area contributed by atoms with Crippen LogP contribution in [0.15, 0.2) is 30.9 Å². The maximum Gasteiger partial charge on any atom is 0.258 e. The summed E-state index contributed by atoms with van der Waals surface area (Å²) in [5.74, 6) is 1.04. The lowest BCUT2D eigenvalue weighted by Crippen LogP contribution is -3.00. The fourth-order valence-corrected chi connectivity index (χ4v) is 1.93. The van der Waals surface area contributed by atoms with Crippen molar-refractivity contribution in [2.75, 3.05) is 20.3 Å². The Bertz CT molecular complexity index is 513. The first-order valence-corrected chi connectivity index (χ1v) is 7.28. The van der Waals surface area contributed by atoms with Gasteiger partial charge < -0.3 is 32.5 Å². The van der Waals surface area contributed by atoms with Crippen LogP contribution in [-0.4, -0.2) is 31.7 Å². The molecule has 0 atom stereocenters. The van der Waals surface area contributed by atoms with Gasteiger partial charge in [0.15, 0.2) is 18.1 Å². The SMILES string of the molecule is C=CCNCc1cccc(OC)c1OCC(=O)NC(C)(C)C.[Cl-]. The minimum absolute atomic E-state index is 0. The summed E-state index contributed by atoms with van der Waals surface area (Å²) in [4.78, 5) is 11.9. The van der Waals surface area contributed by atoms with E-state index in [4.69, 9.17) is 9.47 Å². The lowest BCUT2D eigenvalue weighted by atomic mass is 10.1. The molecule has 1 amide bonds. The molecule has 0 aliphatic rings. The quantitative estimate of drug-likeness (QED) is 0.483. The number of benzene rings is 1. The Hall–Kier alpha value is -1.72. The maximum atomic E-state index is 11.9. The minimum Gasteiger partial charge on any atom is -1.00 e. The normalized spacial score (nSPS) is 10.4. The predicted octanol–water partition coefficient (Wildman–Crippen LogP) is -0.732. The monoisotopic (exact) mass is 341 g/mol. The van der Waals surface area contributed by atoms with Crippen LogP contribution in [0, 0.1) is 0 Å². The molecule has 2 N–H and O–H groups in total. The number of hydrogen-bond acceptors (Lipinski definition) is 4. The average Bonchev–Trinajstić information content (AvgIpc) is 2.44. The number of ether oxygens (including phenoxy) is 2. The van der Waals surface area contributed by atoms with Gasteiger partial charge >= 0.3 is 0 Å². The number of carbonyl (C=O) groups is 1. The lowest BCUT2D eigenvalue weighted by molar-refractivity contribution is -0.124. The molecule has 0 aromatic heterocycles. The summed E-state index contributed by atoms with van der Waals surface area (Å²) >= 11 is 0. The molecule has 1 rings (SSSR count). The van der Waals surface area contributed by atoms with Crippen LogP contribution in [0.5, 0.6) is 11.5 Å². The Morgan fingerprint density at radius 2 is 2.04 bits per heavy atom. The largest absolute Gasteiger partial charge is 1.00 e. The molecule has 0 spiro atoms. The Labute approximate surface area is 144 Å². The molecule has 0 saturated carbocycles. The fourth-order valence-electron chi connectivity index (χ4n) is 1.93. The number of hydrogen-bond donors (Lipinski definition) is 2. The van der Waals surface area contributed by atoms with Gasteiger partial charge in [-0.15, -0.1) is 6.58 Å². The third-order valence-electron chi connectivity index (χ3n) is 2.75. The van der Waals surface area contributed by atoms with Crippen molar-refractivity contribution in [1.82, 2.24) is 10.6 Å². The second-order valence-electron chi connectivity index (χ2n) is 5.95. The van der Waals surface area contributed by atoms with Crippen LogP contribution >= 0.6 is 0 Å². The Balaban J connectivity index is 0.00000484. The van der Waals surface area contributed by atoms with Crippen LogP contribution in [-0.2, 0) is 11.3 Å². The maximum absolute atomic E-state index is 11.9. The first kappa shape index (κ1) is 21.3. The molecule has 0 aliphatic heterocycles. The molecular weight excluding hydrogens is 316 g/mol. The molecule has 0 bridgehead atoms. The van der Waals surface area contributed by atoms with Gasteiger partial charge in [-0.25, -0.2) is 0 Å². The summed E-state index contributed by atoms with van der Waals surface area (Å²) in [5, 5.41) is 6.08. The molecule has 5 nitrogen and oxygen atoms in total. The Morgan fingerprint density at radius 3 is 2.61 bits per heavy atom. The number of para-hydroxylation sites is 1. The smallest absolute Gasteiger partial charge is 0.258 e. The highest BCUT2D eigenvalue weighted by Gasteiger charge is 2.16. The van der Waals surface area contributed by atoms with E-state index in [0.29, 0.717) is 24.6 Å². The topological polar surface area (TPSA) is 59.6 Å². The van der Waals surface area contributed by atoms with Crippen molar-refractivity contribution in [3.05, 3.63) is 36.4 Å². The molecule has 130 valence electrons. The van der Waals surface area contributed by atoms with Gasteiger partial charge in [0.2, 0.25) is 0 Å². The van der Waals surface area contributed by atoms with Crippen molar-refractivity contribution in [2.45, 2.75) is 32.9 Å². The van der Waals surface area contributed by atoms with Crippen molar-refractivity contribution in [2.24, 2.45) is 0 Å². The molecule has 0 fully saturated rings. The zero-order valence-corrected chi connectivity index (χ0v) is 15.0. The highest BCUT2D eigenvalue weighted by molar-refractivity contribution is 5.78. The van der Waals surface area contributed by atoms with E-state index in [0.717, 1.165) is 5.56 Å². The first-order valence-electron chi connectivity index (χ1n) is 7.28. The molecule has 0 unspecified atom stereocenters. The van der Waals surface area contributed by atoms with Crippen LogP contribution in [0.2, 0.25) is 0 Å². The predicted molar refractivity (Wildman–Crippen MR) is 88.3 cm³/mol. The number of rotatable bonds is 8. The molecule has 23 heavy (non-hydrogen) atoms. The lowest BCUT2D eigenvalue weighted by Gasteiger charge is -2.21. The second-order valence-corrected chi connectivity index (χ2v) is 5.95. The van der Waals surface area contributed by atoms with Crippen molar-refractivity contribution < 1.29 is 26.7 Å². The van der Waals surface area contributed by atoms with E-state index in [-0.39, 0.29) is 30.5 Å². The summed E-state index contributed by atoms with van der Waals surface area (Å²) in [6.07, 6.45) is 1.79. The molecule has 1 aromatic carbocycles. The van der Waals surface area contributed by atoms with Crippen molar-refractivity contribution >= 4 is 5.91 Å². The molecule has 0 saturated heterocycles. The van der Waals surface area contributed by atoms with E-state index in [1.807, 2.05) is 39.0 Å². The molecule has 1 aromatic rings. The Kier molecular flexibility index (Phi) is 9.37. The summed E-state index contributed by atoms with van der Waals surface area (Å²) in [6, 6.07) is 5.65. The second kappa shape index (κ2) is 10.1. The summed E-state index contributed by atoms with van der Waals surface area (Å²) < 4.78 is 11.0. The van der Waals surface area contributed by atoms with Crippen LogP contribution in [0.3, 0.4) is 0 Å². The van der Waals surface area contributed by atoms with Gasteiger partial charge in [-0.05, 0) is 26.8 Å². The van der Waals surface area contributed by atoms with Gasteiger partial charge in [-0.1, -0.05) is 18.2 Å². The average molecular weight is 342 g/mol. The third-order valence-corrected chi connectivity index (χ3v) is 2.75. The summed E-state index contributed by atoms with van der Waals surface area (Å²) in [5.41, 5.74) is 0.653. The van der Waals surface area contributed by atoms with Crippen LogP contribution in [0.4, 0.5) is 0 Å². The minimum atomic E-state index is -0.282. The van der Waals surface area contributed by atoms with E-state index < -0.39 is 0 Å². The van der Waals surface area contributed by atoms with Crippen LogP contribution in [0.25, 0.3) is 0 Å². The van der Waals surface area contributed by atoms with Gasteiger partial charge in [0, 0.05) is 24.2 Å². The molecule has 0 heterocycles. The first-order chi connectivity index (χ1) is 10.4. The van der Waals surface area contributed by atoms with E-state index in [1.54, 1.807) is 13.2 Å². The van der Waals surface area contributed by atoms with Crippen molar-refractivity contribution in [3.63, 3.8) is 0 Å². The van der Waals surface area contributed by atoms with E-state index in [2.05, 4.69) is 17.2 Å². The van der Waals surface area contributed by atoms with Crippen LogP contribution in [0.1, 0.15) is 26.3 Å². The molecule has 0 radical (unpaired) electrons. The molecule has 6 heteroatoms. The van der Waals surface area contributed by atoms with Crippen molar-refractivity contribution in [1.29, 1.82) is 0 Å². The van der Waals surface area contributed by atoms with Crippen LogP contribution < -0.4 is 32.5 Å². The van der Waals surface area contributed by atoms with Gasteiger partial charge in [-0.2, -0.15) is 0 Å². The number of amides is 1. The summed E-state index contributed by atoms with van der Waals surface area (Å²) in [7, 11) is 1.58. The Morgan fingerprint density at radius 1 is 1.35 bits per heavy atom. The molecular formula is C17H26ClN2O3-. The van der Waals surface area contributed by atoms with Gasteiger partial charge in [0.25, 0.3) is 5.91 Å². The zero-order chi connectivity index (χ0) is 16.6. The highest BCUT2D eigenvalue weighted by atomic mass is 35.5. The number of methoxy groups -OCH3 is 1. The van der Waals surface area contributed by atoms with Gasteiger partial charge in [0.05, 0.1) is 7.11 Å². The van der Waals surface area contributed by atoms with Gasteiger partial charge in [0.1, 0.15) is 0 Å².